The molecule has 0 radical (unpaired) electrons. The van der Waals surface area contributed by atoms with Gasteiger partial charge in [0.2, 0.25) is 0 Å². The Labute approximate surface area is 198 Å². The molecular formula is C24H36IN3O2. The molecule has 0 spiro atoms. The molecule has 1 aliphatic rings. The van der Waals surface area contributed by atoms with E-state index in [0.717, 1.165) is 77.7 Å². The van der Waals surface area contributed by atoms with Crippen LogP contribution >= 0.6 is 24.0 Å². The van der Waals surface area contributed by atoms with Crippen LogP contribution in [-0.2, 0) is 15.9 Å². The van der Waals surface area contributed by atoms with Gasteiger partial charge in [0.25, 0.3) is 0 Å². The summed E-state index contributed by atoms with van der Waals surface area (Å²) in [6, 6.07) is 15.2. The Hall–Kier alpha value is -1.38. The number of guanidine groups is 1. The summed E-state index contributed by atoms with van der Waals surface area (Å²) >= 11 is 0. The lowest BCUT2D eigenvalue weighted by molar-refractivity contribution is 0.0205. The van der Waals surface area contributed by atoms with Crippen molar-refractivity contribution in [1.82, 2.24) is 10.6 Å². The highest BCUT2D eigenvalue weighted by atomic mass is 127. The Morgan fingerprint density at radius 1 is 1.10 bits per heavy atom. The monoisotopic (exact) mass is 525 g/mol. The van der Waals surface area contributed by atoms with Crippen LogP contribution in [0.2, 0.25) is 0 Å². The third-order valence-corrected chi connectivity index (χ3v) is 5.28. The zero-order chi connectivity index (χ0) is 20.2. The van der Waals surface area contributed by atoms with E-state index in [2.05, 4.69) is 65.0 Å². The number of ether oxygens (including phenoxy) is 2. The summed E-state index contributed by atoms with van der Waals surface area (Å²) in [6.07, 6.45) is 4.18. The predicted octanol–water partition coefficient (Wildman–Crippen LogP) is 4.39. The highest BCUT2D eigenvalue weighted by molar-refractivity contribution is 14.0. The van der Waals surface area contributed by atoms with Crippen LogP contribution in [0, 0.1) is 5.92 Å². The summed E-state index contributed by atoms with van der Waals surface area (Å²) in [5.41, 5.74) is 1.34. The molecule has 30 heavy (non-hydrogen) atoms. The van der Waals surface area contributed by atoms with Gasteiger partial charge in [0, 0.05) is 46.1 Å². The average molecular weight is 525 g/mol. The Morgan fingerprint density at radius 2 is 1.90 bits per heavy atom. The van der Waals surface area contributed by atoms with Gasteiger partial charge in [-0.3, -0.25) is 4.99 Å². The van der Waals surface area contributed by atoms with Crippen molar-refractivity contribution in [2.75, 3.05) is 46.1 Å². The van der Waals surface area contributed by atoms with E-state index in [1.165, 1.54) is 16.3 Å². The molecule has 6 heteroatoms. The van der Waals surface area contributed by atoms with E-state index in [4.69, 9.17) is 9.47 Å². The molecule has 0 atom stereocenters. The molecule has 0 aliphatic carbocycles. The second-order valence-electron chi connectivity index (χ2n) is 7.60. The molecule has 1 heterocycles. The standard InChI is InChI=1S/C24H35N3O2.HI/c1-2-25-24(26-13-5-15-29-19-21-11-16-28-17-12-21)27-14-10-20-8-9-22-6-3-4-7-23(22)18-20;/h3-4,6-9,18,21H,2,5,10-17,19H2,1H3,(H2,25,26,27);1H. The average Bonchev–Trinajstić information content (AvgIpc) is 2.76. The fourth-order valence-corrected chi connectivity index (χ4v) is 3.58. The summed E-state index contributed by atoms with van der Waals surface area (Å²) in [5, 5.41) is 9.36. The van der Waals surface area contributed by atoms with Crippen molar-refractivity contribution in [3.8, 4) is 0 Å². The van der Waals surface area contributed by atoms with Crippen LogP contribution in [-0.4, -0.2) is 52.0 Å². The number of benzene rings is 2. The van der Waals surface area contributed by atoms with Crippen molar-refractivity contribution in [2.45, 2.75) is 32.6 Å². The van der Waals surface area contributed by atoms with Crippen LogP contribution in [0.15, 0.2) is 47.5 Å². The summed E-state index contributed by atoms with van der Waals surface area (Å²) in [4.78, 5) is 4.67. The number of rotatable bonds is 10. The Bertz CT molecular complexity index is 763. The topological polar surface area (TPSA) is 54.9 Å². The first-order valence-electron chi connectivity index (χ1n) is 11.0. The van der Waals surface area contributed by atoms with Gasteiger partial charge in [-0.25, -0.2) is 0 Å². The zero-order valence-corrected chi connectivity index (χ0v) is 20.4. The van der Waals surface area contributed by atoms with Crippen LogP contribution in [0.3, 0.4) is 0 Å². The molecule has 5 nitrogen and oxygen atoms in total. The molecule has 1 aliphatic heterocycles. The van der Waals surface area contributed by atoms with Gasteiger partial charge in [-0.15, -0.1) is 24.0 Å². The fraction of sp³-hybridized carbons (Fsp3) is 0.542. The molecule has 0 aromatic heterocycles. The lowest BCUT2D eigenvalue weighted by atomic mass is 10.0. The number of aliphatic imine (C=N–C) groups is 1. The highest BCUT2D eigenvalue weighted by Gasteiger charge is 2.13. The summed E-state index contributed by atoms with van der Waals surface area (Å²) in [5.74, 6) is 1.55. The Kier molecular flexibility index (Phi) is 12.1. The fourth-order valence-electron chi connectivity index (χ4n) is 3.58. The van der Waals surface area contributed by atoms with E-state index in [1.807, 2.05) is 0 Å². The van der Waals surface area contributed by atoms with Gasteiger partial charge in [0.15, 0.2) is 5.96 Å². The van der Waals surface area contributed by atoms with Crippen LogP contribution < -0.4 is 10.6 Å². The molecule has 0 amide bonds. The van der Waals surface area contributed by atoms with Crippen molar-refractivity contribution in [3.63, 3.8) is 0 Å². The first-order valence-corrected chi connectivity index (χ1v) is 11.0. The minimum absolute atomic E-state index is 0. The van der Waals surface area contributed by atoms with E-state index < -0.39 is 0 Å². The summed E-state index contributed by atoms with van der Waals surface area (Å²) in [6.45, 7) is 8.00. The molecule has 1 saturated heterocycles. The normalized spacial score (nSPS) is 15.0. The van der Waals surface area contributed by atoms with Gasteiger partial charge in [0.05, 0.1) is 0 Å². The molecule has 166 valence electrons. The molecule has 2 aromatic carbocycles. The van der Waals surface area contributed by atoms with Crippen molar-refractivity contribution < 1.29 is 9.47 Å². The summed E-state index contributed by atoms with van der Waals surface area (Å²) < 4.78 is 11.2. The quantitative estimate of drug-likeness (QED) is 0.209. The first kappa shape index (κ1) is 24.9. The lowest BCUT2D eigenvalue weighted by Crippen LogP contribution is -2.38. The number of hydrogen-bond donors (Lipinski definition) is 2. The number of fused-ring (bicyclic) bond motifs is 1. The van der Waals surface area contributed by atoms with E-state index in [1.54, 1.807) is 0 Å². The molecule has 3 rings (SSSR count). The second-order valence-corrected chi connectivity index (χ2v) is 7.60. The maximum atomic E-state index is 5.82. The number of hydrogen-bond acceptors (Lipinski definition) is 3. The SMILES string of the molecule is CCNC(=NCCCOCC1CCOCC1)NCCc1ccc2ccccc2c1.I. The van der Waals surface area contributed by atoms with Gasteiger partial charge >= 0.3 is 0 Å². The van der Waals surface area contributed by atoms with Crippen molar-refractivity contribution in [3.05, 3.63) is 48.0 Å². The van der Waals surface area contributed by atoms with Crippen molar-refractivity contribution >= 4 is 40.7 Å². The molecule has 1 fully saturated rings. The largest absolute Gasteiger partial charge is 0.381 e. The molecule has 0 unspecified atom stereocenters. The molecule has 0 bridgehead atoms. The van der Waals surface area contributed by atoms with Gasteiger partial charge < -0.3 is 20.1 Å². The minimum atomic E-state index is 0. The minimum Gasteiger partial charge on any atom is -0.381 e. The van der Waals surface area contributed by atoms with Gasteiger partial charge in [0.1, 0.15) is 0 Å². The lowest BCUT2D eigenvalue weighted by Gasteiger charge is -2.21. The second kappa shape index (κ2) is 14.6. The number of halogens is 1. The molecule has 0 saturated carbocycles. The zero-order valence-electron chi connectivity index (χ0n) is 18.1. The van der Waals surface area contributed by atoms with Crippen LogP contribution in [0.1, 0.15) is 31.7 Å². The number of nitrogens with one attached hydrogen (secondary N) is 2. The van der Waals surface area contributed by atoms with E-state index in [-0.39, 0.29) is 24.0 Å². The molecular weight excluding hydrogens is 489 g/mol. The highest BCUT2D eigenvalue weighted by Crippen LogP contribution is 2.16. The van der Waals surface area contributed by atoms with Gasteiger partial charge in [-0.1, -0.05) is 42.5 Å². The van der Waals surface area contributed by atoms with Crippen LogP contribution in [0.4, 0.5) is 0 Å². The predicted molar refractivity (Wildman–Crippen MR) is 136 cm³/mol. The van der Waals surface area contributed by atoms with Crippen LogP contribution in [0.25, 0.3) is 10.8 Å². The smallest absolute Gasteiger partial charge is 0.191 e. The van der Waals surface area contributed by atoms with Crippen molar-refractivity contribution in [1.29, 1.82) is 0 Å². The van der Waals surface area contributed by atoms with E-state index in [9.17, 15) is 0 Å². The molecule has 2 aromatic rings. The summed E-state index contributed by atoms with van der Waals surface area (Å²) in [7, 11) is 0. The van der Waals surface area contributed by atoms with Gasteiger partial charge in [-0.05, 0) is 54.9 Å². The third-order valence-electron chi connectivity index (χ3n) is 5.28. The first-order chi connectivity index (χ1) is 14.3. The number of nitrogens with zero attached hydrogens (tertiary/aromatic N) is 1. The van der Waals surface area contributed by atoms with E-state index >= 15 is 0 Å². The Morgan fingerprint density at radius 3 is 2.70 bits per heavy atom. The van der Waals surface area contributed by atoms with Crippen molar-refractivity contribution in [2.24, 2.45) is 10.9 Å². The third kappa shape index (κ3) is 8.78. The maximum absolute atomic E-state index is 5.82. The van der Waals surface area contributed by atoms with E-state index in [0.29, 0.717) is 5.92 Å². The maximum Gasteiger partial charge on any atom is 0.191 e. The molecule has 2 N–H and O–H groups in total. The Balaban J connectivity index is 0.00000320. The van der Waals surface area contributed by atoms with Crippen LogP contribution in [0.5, 0.6) is 0 Å². The van der Waals surface area contributed by atoms with Gasteiger partial charge in [-0.2, -0.15) is 0 Å².